The number of carbonyl (C=O) groups excluding carboxylic acids is 2. The summed E-state index contributed by atoms with van der Waals surface area (Å²) in [5.41, 5.74) is 1.55. The van der Waals surface area contributed by atoms with E-state index in [9.17, 15) is 9.59 Å². The molecule has 0 aliphatic rings. The largest absolute Gasteiger partial charge is 0.497 e. The molecule has 126 valence electrons. The summed E-state index contributed by atoms with van der Waals surface area (Å²) in [4.78, 5) is 26.3. The average Bonchev–Trinajstić information content (AvgIpc) is 2.63. The fraction of sp³-hybridized carbons (Fsp3) is 0.300. The van der Waals surface area contributed by atoms with Gasteiger partial charge >= 0.3 is 0 Å². The number of anilines is 1. The summed E-state index contributed by atoms with van der Waals surface area (Å²) in [5.74, 6) is 0.822. The monoisotopic (exact) mass is 325 g/mol. The van der Waals surface area contributed by atoms with Gasteiger partial charge in [0.15, 0.2) is 5.78 Å². The normalized spacial score (nSPS) is 10.2. The van der Waals surface area contributed by atoms with Crippen LogP contribution >= 0.6 is 0 Å². The van der Waals surface area contributed by atoms with Crippen molar-refractivity contribution in [1.82, 2.24) is 0 Å². The van der Waals surface area contributed by atoms with Crippen molar-refractivity contribution in [3.8, 4) is 5.75 Å². The summed E-state index contributed by atoms with van der Waals surface area (Å²) >= 11 is 0. The van der Waals surface area contributed by atoms with Gasteiger partial charge in [0.2, 0.25) is 5.91 Å². The van der Waals surface area contributed by atoms with Gasteiger partial charge in [-0.2, -0.15) is 0 Å². The average molecular weight is 325 g/mol. The number of ketones is 1. The first-order chi connectivity index (χ1) is 11.7. The summed E-state index contributed by atoms with van der Waals surface area (Å²) in [7, 11) is 1.59. The molecule has 0 radical (unpaired) electrons. The highest BCUT2D eigenvalue weighted by Crippen LogP contribution is 2.17. The lowest BCUT2D eigenvalue weighted by molar-refractivity contribution is -0.118. The second kappa shape index (κ2) is 8.87. The number of para-hydroxylation sites is 1. The SMILES string of the molecule is CCN(C(=O)CCCC(=O)c1ccc(OC)cc1)c1ccccc1. The van der Waals surface area contributed by atoms with E-state index in [2.05, 4.69) is 0 Å². The Morgan fingerprint density at radius 1 is 0.958 bits per heavy atom. The van der Waals surface area contributed by atoms with Crippen LogP contribution in [0.4, 0.5) is 5.69 Å². The molecule has 4 heteroatoms. The van der Waals surface area contributed by atoms with Crippen molar-refractivity contribution in [2.45, 2.75) is 26.2 Å². The van der Waals surface area contributed by atoms with Gasteiger partial charge in [0.25, 0.3) is 0 Å². The van der Waals surface area contributed by atoms with E-state index < -0.39 is 0 Å². The van der Waals surface area contributed by atoms with Crippen molar-refractivity contribution >= 4 is 17.4 Å². The molecule has 0 atom stereocenters. The molecule has 0 fully saturated rings. The van der Waals surface area contributed by atoms with E-state index in [1.807, 2.05) is 37.3 Å². The van der Waals surface area contributed by atoms with Gasteiger partial charge in [-0.25, -0.2) is 0 Å². The Labute approximate surface area is 143 Å². The van der Waals surface area contributed by atoms with Gasteiger partial charge in [0, 0.05) is 30.6 Å². The summed E-state index contributed by atoms with van der Waals surface area (Å²) in [6, 6.07) is 16.6. The van der Waals surface area contributed by atoms with Gasteiger partial charge < -0.3 is 9.64 Å². The highest BCUT2D eigenvalue weighted by atomic mass is 16.5. The molecule has 2 aromatic rings. The third-order valence-electron chi connectivity index (χ3n) is 3.89. The van der Waals surface area contributed by atoms with Crippen molar-refractivity contribution in [3.05, 3.63) is 60.2 Å². The minimum Gasteiger partial charge on any atom is -0.497 e. The van der Waals surface area contributed by atoms with Crippen LogP contribution in [-0.4, -0.2) is 25.3 Å². The van der Waals surface area contributed by atoms with Crippen molar-refractivity contribution in [2.75, 3.05) is 18.6 Å². The predicted octanol–water partition coefficient (Wildman–Crippen LogP) is 4.10. The molecule has 0 saturated carbocycles. The van der Waals surface area contributed by atoms with Crippen LogP contribution in [0.5, 0.6) is 5.75 Å². The first kappa shape index (κ1) is 17.7. The van der Waals surface area contributed by atoms with E-state index in [1.54, 1.807) is 36.3 Å². The molecule has 2 rings (SSSR count). The van der Waals surface area contributed by atoms with E-state index in [0.29, 0.717) is 31.4 Å². The zero-order valence-corrected chi connectivity index (χ0v) is 14.2. The molecule has 0 N–H and O–H groups in total. The number of ether oxygens (including phenoxy) is 1. The first-order valence-corrected chi connectivity index (χ1v) is 8.18. The van der Waals surface area contributed by atoms with Gasteiger partial charge in [-0.05, 0) is 49.7 Å². The van der Waals surface area contributed by atoms with E-state index in [-0.39, 0.29) is 11.7 Å². The lowest BCUT2D eigenvalue weighted by Gasteiger charge is -2.20. The van der Waals surface area contributed by atoms with Crippen LogP contribution in [0.25, 0.3) is 0 Å². The van der Waals surface area contributed by atoms with Crippen LogP contribution in [0, 0.1) is 0 Å². The van der Waals surface area contributed by atoms with Crippen molar-refractivity contribution in [3.63, 3.8) is 0 Å². The molecule has 2 aromatic carbocycles. The Balaban J connectivity index is 1.86. The molecule has 4 nitrogen and oxygen atoms in total. The number of Topliss-reactive ketones (excluding diaryl/α,β-unsaturated/α-hetero) is 1. The quantitative estimate of drug-likeness (QED) is 0.686. The third kappa shape index (κ3) is 4.69. The van der Waals surface area contributed by atoms with Crippen molar-refractivity contribution in [1.29, 1.82) is 0 Å². The molecule has 0 aliphatic carbocycles. The van der Waals surface area contributed by atoms with Crippen LogP contribution in [0.15, 0.2) is 54.6 Å². The Bertz CT molecular complexity index is 665. The second-order valence-corrected chi connectivity index (χ2v) is 5.48. The summed E-state index contributed by atoms with van der Waals surface area (Å²) in [6.45, 7) is 2.57. The van der Waals surface area contributed by atoms with Crippen LogP contribution < -0.4 is 9.64 Å². The molecule has 0 bridgehead atoms. The van der Waals surface area contributed by atoms with E-state index >= 15 is 0 Å². The van der Waals surface area contributed by atoms with Gasteiger partial charge in [-0.3, -0.25) is 9.59 Å². The third-order valence-corrected chi connectivity index (χ3v) is 3.89. The minimum atomic E-state index is 0.0474. The predicted molar refractivity (Wildman–Crippen MR) is 95.6 cm³/mol. The van der Waals surface area contributed by atoms with E-state index in [0.717, 1.165) is 11.4 Å². The second-order valence-electron chi connectivity index (χ2n) is 5.48. The highest BCUT2D eigenvalue weighted by molar-refractivity contribution is 5.97. The molecule has 0 aliphatic heterocycles. The fourth-order valence-corrected chi connectivity index (χ4v) is 2.57. The summed E-state index contributed by atoms with van der Waals surface area (Å²) < 4.78 is 5.08. The summed E-state index contributed by atoms with van der Waals surface area (Å²) in [5, 5.41) is 0. The summed E-state index contributed by atoms with van der Waals surface area (Å²) in [6.07, 6.45) is 1.28. The number of carbonyl (C=O) groups is 2. The maximum absolute atomic E-state index is 12.4. The Kier molecular flexibility index (Phi) is 6.55. The van der Waals surface area contributed by atoms with E-state index in [4.69, 9.17) is 4.74 Å². The number of rotatable bonds is 8. The molecular formula is C20H23NO3. The fourth-order valence-electron chi connectivity index (χ4n) is 2.57. The van der Waals surface area contributed by atoms with E-state index in [1.165, 1.54) is 0 Å². The van der Waals surface area contributed by atoms with Crippen LogP contribution in [0.1, 0.15) is 36.5 Å². The maximum Gasteiger partial charge on any atom is 0.226 e. The number of hydrogen-bond donors (Lipinski definition) is 0. The smallest absolute Gasteiger partial charge is 0.226 e. The Hall–Kier alpha value is -2.62. The molecule has 0 heterocycles. The lowest BCUT2D eigenvalue weighted by atomic mass is 10.0. The van der Waals surface area contributed by atoms with Crippen molar-refractivity contribution in [2.24, 2.45) is 0 Å². The van der Waals surface area contributed by atoms with Gasteiger partial charge in [-0.1, -0.05) is 18.2 Å². The zero-order valence-electron chi connectivity index (χ0n) is 14.2. The van der Waals surface area contributed by atoms with Crippen LogP contribution in [0.3, 0.4) is 0 Å². The molecule has 24 heavy (non-hydrogen) atoms. The topological polar surface area (TPSA) is 46.6 Å². The van der Waals surface area contributed by atoms with Gasteiger partial charge in [-0.15, -0.1) is 0 Å². The number of nitrogens with zero attached hydrogens (tertiary/aromatic N) is 1. The zero-order chi connectivity index (χ0) is 17.4. The van der Waals surface area contributed by atoms with Crippen LogP contribution in [0.2, 0.25) is 0 Å². The standard InChI is InChI=1S/C20H23NO3/c1-3-21(17-8-5-4-6-9-17)20(23)11-7-10-19(22)16-12-14-18(24-2)15-13-16/h4-6,8-9,12-15H,3,7,10-11H2,1-2H3. The molecule has 0 saturated heterocycles. The van der Waals surface area contributed by atoms with Crippen molar-refractivity contribution < 1.29 is 14.3 Å². The molecule has 1 amide bonds. The van der Waals surface area contributed by atoms with Crippen LogP contribution in [-0.2, 0) is 4.79 Å². The highest BCUT2D eigenvalue weighted by Gasteiger charge is 2.14. The van der Waals surface area contributed by atoms with Gasteiger partial charge in [0.05, 0.1) is 7.11 Å². The molecule has 0 spiro atoms. The lowest BCUT2D eigenvalue weighted by Crippen LogP contribution is -2.30. The van der Waals surface area contributed by atoms with Gasteiger partial charge in [0.1, 0.15) is 5.75 Å². The number of hydrogen-bond acceptors (Lipinski definition) is 3. The number of methoxy groups -OCH3 is 1. The number of amides is 1. The minimum absolute atomic E-state index is 0.0474. The molecule has 0 aromatic heterocycles. The Morgan fingerprint density at radius 3 is 2.21 bits per heavy atom. The maximum atomic E-state index is 12.4. The molecular weight excluding hydrogens is 302 g/mol. The molecule has 0 unspecified atom stereocenters. The Morgan fingerprint density at radius 2 is 1.62 bits per heavy atom. The number of benzene rings is 2. The first-order valence-electron chi connectivity index (χ1n) is 8.18.